The number of ketones is 1. The SMILES string of the molecule is COCCOC(=O)CCC(=O)CNC(=O)[C@H](Cc1ccccc1)NC(C)=O. The Labute approximate surface area is 158 Å². The summed E-state index contributed by atoms with van der Waals surface area (Å²) in [5.41, 5.74) is 0.886. The van der Waals surface area contributed by atoms with Gasteiger partial charge in [-0.2, -0.15) is 0 Å². The number of hydrogen-bond acceptors (Lipinski definition) is 6. The van der Waals surface area contributed by atoms with Crippen LogP contribution >= 0.6 is 0 Å². The number of methoxy groups -OCH3 is 1. The second kappa shape index (κ2) is 12.6. The molecule has 8 heteroatoms. The van der Waals surface area contributed by atoms with Crippen LogP contribution in [0.1, 0.15) is 25.3 Å². The molecule has 1 rings (SSSR count). The minimum Gasteiger partial charge on any atom is -0.463 e. The van der Waals surface area contributed by atoms with Crippen molar-refractivity contribution in [3.8, 4) is 0 Å². The monoisotopic (exact) mass is 378 g/mol. The number of Topliss-reactive ketones (excluding diaryl/α,β-unsaturated/α-hetero) is 1. The van der Waals surface area contributed by atoms with Crippen LogP contribution in [0.2, 0.25) is 0 Å². The standard InChI is InChI=1S/C19H26N2O6/c1-14(22)21-17(12-15-6-4-3-5-7-15)19(25)20-13-16(23)8-9-18(24)27-11-10-26-2/h3-7,17H,8-13H2,1-2H3,(H,20,25)(H,21,22)/t17-/m0/s1. The fourth-order valence-electron chi connectivity index (χ4n) is 2.25. The second-order valence-corrected chi connectivity index (χ2v) is 5.91. The number of carbonyl (C=O) groups is 4. The lowest BCUT2D eigenvalue weighted by atomic mass is 10.1. The summed E-state index contributed by atoms with van der Waals surface area (Å²) in [4.78, 5) is 46.9. The molecule has 8 nitrogen and oxygen atoms in total. The van der Waals surface area contributed by atoms with Crippen LogP contribution in [0, 0.1) is 0 Å². The van der Waals surface area contributed by atoms with Gasteiger partial charge < -0.3 is 20.1 Å². The molecule has 0 bridgehead atoms. The van der Waals surface area contributed by atoms with Crippen molar-refractivity contribution in [3.63, 3.8) is 0 Å². The molecular formula is C19H26N2O6. The lowest BCUT2D eigenvalue weighted by Gasteiger charge is -2.17. The van der Waals surface area contributed by atoms with E-state index in [-0.39, 0.29) is 37.7 Å². The van der Waals surface area contributed by atoms with E-state index in [0.717, 1.165) is 5.56 Å². The second-order valence-electron chi connectivity index (χ2n) is 5.91. The van der Waals surface area contributed by atoms with Crippen molar-refractivity contribution in [1.82, 2.24) is 10.6 Å². The van der Waals surface area contributed by atoms with Gasteiger partial charge in [0.05, 0.1) is 19.6 Å². The summed E-state index contributed by atoms with van der Waals surface area (Å²) in [6.45, 7) is 1.54. The first-order chi connectivity index (χ1) is 12.9. The molecule has 0 heterocycles. The maximum atomic E-state index is 12.3. The molecule has 2 amide bonds. The summed E-state index contributed by atoms with van der Waals surface area (Å²) in [5, 5.41) is 5.09. The summed E-state index contributed by atoms with van der Waals surface area (Å²) in [6, 6.07) is 8.46. The van der Waals surface area contributed by atoms with Crippen molar-refractivity contribution in [2.75, 3.05) is 26.9 Å². The van der Waals surface area contributed by atoms with Gasteiger partial charge in [0.15, 0.2) is 5.78 Å². The highest BCUT2D eigenvalue weighted by atomic mass is 16.6. The van der Waals surface area contributed by atoms with Crippen LogP contribution in [0.25, 0.3) is 0 Å². The van der Waals surface area contributed by atoms with Crippen LogP contribution in [0.5, 0.6) is 0 Å². The van der Waals surface area contributed by atoms with Gasteiger partial charge in [-0.3, -0.25) is 19.2 Å². The summed E-state index contributed by atoms with van der Waals surface area (Å²) < 4.78 is 9.61. The van der Waals surface area contributed by atoms with E-state index >= 15 is 0 Å². The maximum absolute atomic E-state index is 12.3. The minimum absolute atomic E-state index is 0.0322. The predicted octanol–water partition coefficient (Wildman–Crippen LogP) is 0.389. The van der Waals surface area contributed by atoms with Crippen LogP contribution in [0.15, 0.2) is 30.3 Å². The number of rotatable bonds is 12. The quantitative estimate of drug-likeness (QED) is 0.402. The van der Waals surface area contributed by atoms with Crippen molar-refractivity contribution in [2.24, 2.45) is 0 Å². The largest absolute Gasteiger partial charge is 0.463 e. The van der Waals surface area contributed by atoms with Gasteiger partial charge in [0.2, 0.25) is 11.8 Å². The molecule has 148 valence electrons. The predicted molar refractivity (Wildman–Crippen MR) is 97.8 cm³/mol. The Kier molecular flexibility index (Phi) is 10.4. The number of esters is 1. The van der Waals surface area contributed by atoms with E-state index < -0.39 is 17.9 Å². The molecule has 27 heavy (non-hydrogen) atoms. The zero-order chi connectivity index (χ0) is 20.1. The van der Waals surface area contributed by atoms with Crippen molar-refractivity contribution < 1.29 is 28.7 Å². The summed E-state index contributed by atoms with van der Waals surface area (Å²) in [6.07, 6.45) is 0.222. The Morgan fingerprint density at radius 3 is 2.37 bits per heavy atom. The van der Waals surface area contributed by atoms with Crippen molar-refractivity contribution in [1.29, 1.82) is 0 Å². The summed E-state index contributed by atoms with van der Waals surface area (Å²) >= 11 is 0. The third kappa shape index (κ3) is 10.1. The third-order valence-corrected chi connectivity index (χ3v) is 3.59. The summed E-state index contributed by atoms with van der Waals surface area (Å²) in [5.74, 6) is -1.58. The van der Waals surface area contributed by atoms with Crippen molar-refractivity contribution >= 4 is 23.6 Å². The van der Waals surface area contributed by atoms with Gasteiger partial charge in [0, 0.05) is 26.9 Å². The van der Waals surface area contributed by atoms with Gasteiger partial charge in [0.25, 0.3) is 0 Å². The number of ether oxygens (including phenoxy) is 2. The van der Waals surface area contributed by atoms with E-state index in [2.05, 4.69) is 10.6 Å². The number of carbonyl (C=O) groups excluding carboxylic acids is 4. The normalized spacial score (nSPS) is 11.3. The van der Waals surface area contributed by atoms with Gasteiger partial charge in [-0.25, -0.2) is 0 Å². The molecule has 0 saturated carbocycles. The molecule has 2 N–H and O–H groups in total. The summed E-state index contributed by atoms with van der Waals surface area (Å²) in [7, 11) is 1.49. The highest BCUT2D eigenvalue weighted by Crippen LogP contribution is 2.04. The molecule has 0 aliphatic heterocycles. The van der Waals surface area contributed by atoms with E-state index in [4.69, 9.17) is 9.47 Å². The van der Waals surface area contributed by atoms with Gasteiger partial charge in [-0.05, 0) is 5.56 Å². The third-order valence-electron chi connectivity index (χ3n) is 3.59. The smallest absolute Gasteiger partial charge is 0.306 e. The Hall–Kier alpha value is -2.74. The van der Waals surface area contributed by atoms with Crippen LogP contribution in [-0.4, -0.2) is 56.5 Å². The highest BCUT2D eigenvalue weighted by Gasteiger charge is 2.20. The van der Waals surface area contributed by atoms with Gasteiger partial charge in [0.1, 0.15) is 12.6 Å². The first-order valence-corrected chi connectivity index (χ1v) is 8.67. The van der Waals surface area contributed by atoms with Crippen LogP contribution in [-0.2, 0) is 35.1 Å². The fraction of sp³-hybridized carbons (Fsp3) is 0.474. The number of hydrogen-bond donors (Lipinski definition) is 2. The maximum Gasteiger partial charge on any atom is 0.306 e. The van der Waals surface area contributed by atoms with Gasteiger partial charge in [-0.15, -0.1) is 0 Å². The first-order valence-electron chi connectivity index (χ1n) is 8.67. The van der Waals surface area contributed by atoms with Crippen molar-refractivity contribution in [3.05, 3.63) is 35.9 Å². The fourth-order valence-corrected chi connectivity index (χ4v) is 2.25. The molecule has 1 aromatic rings. The first kappa shape index (κ1) is 22.3. The molecule has 0 aromatic heterocycles. The Bertz CT molecular complexity index is 632. The Balaban J connectivity index is 2.42. The number of amides is 2. The van der Waals surface area contributed by atoms with Crippen LogP contribution in [0.4, 0.5) is 0 Å². The number of nitrogens with one attached hydrogen (secondary N) is 2. The molecule has 0 aliphatic carbocycles. The van der Waals surface area contributed by atoms with Gasteiger partial charge >= 0.3 is 5.97 Å². The van der Waals surface area contributed by atoms with E-state index in [1.165, 1.54) is 14.0 Å². The molecule has 0 spiro atoms. The topological polar surface area (TPSA) is 111 Å². The van der Waals surface area contributed by atoms with E-state index in [1.54, 1.807) is 0 Å². The van der Waals surface area contributed by atoms with E-state index in [1.807, 2.05) is 30.3 Å². The Morgan fingerprint density at radius 1 is 1.04 bits per heavy atom. The molecule has 0 saturated heterocycles. The minimum atomic E-state index is -0.781. The highest BCUT2D eigenvalue weighted by molar-refractivity contribution is 5.91. The van der Waals surface area contributed by atoms with Crippen LogP contribution in [0.3, 0.4) is 0 Å². The molecular weight excluding hydrogens is 352 g/mol. The molecule has 1 aromatic carbocycles. The van der Waals surface area contributed by atoms with Gasteiger partial charge in [-0.1, -0.05) is 30.3 Å². The van der Waals surface area contributed by atoms with Crippen LogP contribution < -0.4 is 10.6 Å². The average molecular weight is 378 g/mol. The molecule has 1 atom stereocenters. The lowest BCUT2D eigenvalue weighted by Crippen LogP contribution is -2.48. The molecule has 0 aliphatic rings. The Morgan fingerprint density at radius 2 is 1.74 bits per heavy atom. The van der Waals surface area contributed by atoms with E-state index in [0.29, 0.717) is 13.0 Å². The lowest BCUT2D eigenvalue weighted by molar-refractivity contribution is -0.146. The molecule has 0 fully saturated rings. The zero-order valence-electron chi connectivity index (χ0n) is 15.7. The average Bonchev–Trinajstić information content (AvgIpc) is 2.64. The molecule has 0 radical (unpaired) electrons. The zero-order valence-corrected chi connectivity index (χ0v) is 15.7. The van der Waals surface area contributed by atoms with Crippen molar-refractivity contribution in [2.45, 2.75) is 32.2 Å². The van der Waals surface area contributed by atoms with E-state index in [9.17, 15) is 19.2 Å². The molecule has 0 unspecified atom stereocenters. The number of benzene rings is 1.